The fourth-order valence-corrected chi connectivity index (χ4v) is 3.15. The van der Waals surface area contributed by atoms with Crippen molar-refractivity contribution in [2.75, 3.05) is 13.2 Å². The molecule has 2 heterocycles. The monoisotopic (exact) mass is 300 g/mol. The van der Waals surface area contributed by atoms with Gasteiger partial charge in [-0.1, -0.05) is 18.2 Å². The van der Waals surface area contributed by atoms with Gasteiger partial charge in [-0.05, 0) is 37.8 Å². The zero-order chi connectivity index (χ0) is 15.7. The van der Waals surface area contributed by atoms with Crippen LogP contribution in [0.4, 0.5) is 0 Å². The second-order valence-electron chi connectivity index (χ2n) is 6.37. The van der Waals surface area contributed by atoms with Crippen LogP contribution in [0.15, 0.2) is 30.3 Å². The van der Waals surface area contributed by atoms with Gasteiger partial charge in [0.2, 0.25) is 5.91 Å². The summed E-state index contributed by atoms with van der Waals surface area (Å²) in [4.78, 5) is 14.7. The van der Waals surface area contributed by atoms with E-state index in [0.717, 1.165) is 6.42 Å². The Labute approximate surface area is 131 Å². The number of hydrogen-bond acceptors (Lipinski definition) is 2. The number of fused-ring (bicyclic) bond motifs is 1. The van der Waals surface area contributed by atoms with Crippen LogP contribution in [0.1, 0.15) is 26.0 Å². The van der Waals surface area contributed by atoms with Crippen molar-refractivity contribution in [3.63, 3.8) is 0 Å². The van der Waals surface area contributed by atoms with Crippen molar-refractivity contribution >= 4 is 16.8 Å². The minimum Gasteiger partial charge on any atom is -0.381 e. The summed E-state index contributed by atoms with van der Waals surface area (Å²) in [5.41, 5.74) is 2.38. The van der Waals surface area contributed by atoms with Gasteiger partial charge in [0.15, 0.2) is 0 Å². The molecule has 1 aromatic carbocycles. The first-order valence-electron chi connectivity index (χ1n) is 7.99. The van der Waals surface area contributed by atoms with Gasteiger partial charge in [0, 0.05) is 30.9 Å². The molecule has 1 aliphatic heterocycles. The Morgan fingerprint density at radius 2 is 2.18 bits per heavy atom. The summed E-state index contributed by atoms with van der Waals surface area (Å²) in [6.45, 7) is 6.08. The Kier molecular flexibility index (Phi) is 4.21. The highest BCUT2D eigenvalue weighted by Crippen LogP contribution is 2.23. The van der Waals surface area contributed by atoms with Crippen molar-refractivity contribution in [1.29, 1.82) is 0 Å². The van der Waals surface area contributed by atoms with E-state index in [9.17, 15) is 4.79 Å². The van der Waals surface area contributed by atoms with Crippen LogP contribution < -0.4 is 0 Å². The van der Waals surface area contributed by atoms with Crippen molar-refractivity contribution < 1.29 is 9.53 Å². The molecule has 4 nitrogen and oxygen atoms in total. The number of aromatic nitrogens is 1. The number of carbonyl (C=O) groups is 1. The van der Waals surface area contributed by atoms with Crippen LogP contribution in [0.25, 0.3) is 10.9 Å². The summed E-state index contributed by atoms with van der Waals surface area (Å²) in [7, 11) is 2.07. The van der Waals surface area contributed by atoms with E-state index >= 15 is 0 Å². The second kappa shape index (κ2) is 6.13. The molecule has 1 saturated heterocycles. The van der Waals surface area contributed by atoms with Gasteiger partial charge in [-0.15, -0.1) is 0 Å². The molecule has 0 saturated carbocycles. The number of amides is 1. The van der Waals surface area contributed by atoms with Crippen molar-refractivity contribution in [2.24, 2.45) is 13.0 Å². The van der Waals surface area contributed by atoms with Gasteiger partial charge in [0.25, 0.3) is 0 Å². The fraction of sp³-hybridized carbons (Fsp3) is 0.500. The van der Waals surface area contributed by atoms with Crippen LogP contribution in [0.5, 0.6) is 0 Å². The van der Waals surface area contributed by atoms with Gasteiger partial charge in [0.1, 0.15) is 0 Å². The molecule has 0 spiro atoms. The first-order valence-corrected chi connectivity index (χ1v) is 7.99. The van der Waals surface area contributed by atoms with Crippen molar-refractivity contribution in [3.05, 3.63) is 36.0 Å². The van der Waals surface area contributed by atoms with Crippen molar-refractivity contribution in [1.82, 2.24) is 9.47 Å². The van der Waals surface area contributed by atoms with E-state index in [-0.39, 0.29) is 17.9 Å². The first-order chi connectivity index (χ1) is 10.6. The van der Waals surface area contributed by atoms with Crippen LogP contribution >= 0.6 is 0 Å². The molecule has 1 unspecified atom stereocenters. The Morgan fingerprint density at radius 3 is 2.82 bits per heavy atom. The molecule has 0 N–H and O–H groups in total. The van der Waals surface area contributed by atoms with E-state index in [2.05, 4.69) is 43.7 Å². The van der Waals surface area contributed by atoms with Crippen LogP contribution in [-0.2, 0) is 23.1 Å². The lowest BCUT2D eigenvalue weighted by Gasteiger charge is -2.29. The minimum absolute atomic E-state index is 0.0251. The molecule has 1 atom stereocenters. The van der Waals surface area contributed by atoms with Gasteiger partial charge in [-0.25, -0.2) is 0 Å². The lowest BCUT2D eigenvalue weighted by molar-refractivity contribution is -0.138. The van der Waals surface area contributed by atoms with Crippen molar-refractivity contribution in [2.45, 2.75) is 32.9 Å². The molecule has 0 bridgehead atoms. The molecule has 3 rings (SSSR count). The van der Waals surface area contributed by atoms with Gasteiger partial charge in [0.05, 0.1) is 19.1 Å². The van der Waals surface area contributed by atoms with E-state index in [1.807, 2.05) is 17.0 Å². The smallest absolute Gasteiger partial charge is 0.228 e. The summed E-state index contributed by atoms with van der Waals surface area (Å²) >= 11 is 0. The molecule has 1 amide bonds. The summed E-state index contributed by atoms with van der Waals surface area (Å²) < 4.78 is 7.56. The van der Waals surface area contributed by atoms with Crippen LogP contribution in [-0.4, -0.2) is 34.6 Å². The zero-order valence-corrected chi connectivity index (χ0v) is 13.6. The lowest BCUT2D eigenvalue weighted by Crippen LogP contribution is -2.41. The highest BCUT2D eigenvalue weighted by atomic mass is 16.5. The standard InChI is InChI=1S/C18H24N2O2/c1-13(2)20(18(21)15-8-9-22-12-15)11-16-10-14-6-4-5-7-17(14)19(16)3/h4-7,10,13,15H,8-9,11-12H2,1-3H3. The summed E-state index contributed by atoms with van der Waals surface area (Å²) in [6.07, 6.45) is 0.844. The third-order valence-electron chi connectivity index (χ3n) is 4.57. The highest BCUT2D eigenvalue weighted by Gasteiger charge is 2.29. The number of hydrogen-bond donors (Lipinski definition) is 0. The normalized spacial score (nSPS) is 18.3. The first kappa shape index (κ1) is 15.1. The van der Waals surface area contributed by atoms with Gasteiger partial charge < -0.3 is 14.2 Å². The number of para-hydroxylation sites is 1. The van der Waals surface area contributed by atoms with E-state index in [0.29, 0.717) is 19.8 Å². The van der Waals surface area contributed by atoms with E-state index in [1.54, 1.807) is 0 Å². The number of aryl methyl sites for hydroxylation is 1. The van der Waals surface area contributed by atoms with Gasteiger partial charge in [-0.2, -0.15) is 0 Å². The fourth-order valence-electron chi connectivity index (χ4n) is 3.15. The van der Waals surface area contributed by atoms with Crippen LogP contribution in [0, 0.1) is 5.92 Å². The molecule has 0 aliphatic carbocycles. The number of carbonyl (C=O) groups excluding carboxylic acids is 1. The molecule has 22 heavy (non-hydrogen) atoms. The molecule has 4 heteroatoms. The molecule has 0 radical (unpaired) electrons. The lowest BCUT2D eigenvalue weighted by atomic mass is 10.1. The summed E-state index contributed by atoms with van der Waals surface area (Å²) in [6, 6.07) is 10.7. The molecule has 1 aromatic heterocycles. The molecule has 118 valence electrons. The third kappa shape index (κ3) is 2.75. The van der Waals surface area contributed by atoms with Crippen molar-refractivity contribution in [3.8, 4) is 0 Å². The average molecular weight is 300 g/mol. The minimum atomic E-state index is 0.0251. The summed E-state index contributed by atoms with van der Waals surface area (Å²) in [5.74, 6) is 0.245. The Hall–Kier alpha value is -1.81. The van der Waals surface area contributed by atoms with E-state index in [1.165, 1.54) is 16.6 Å². The number of ether oxygens (including phenoxy) is 1. The van der Waals surface area contributed by atoms with Crippen LogP contribution in [0.3, 0.4) is 0 Å². The maximum absolute atomic E-state index is 12.8. The predicted octanol–water partition coefficient (Wildman–Crippen LogP) is 2.95. The topological polar surface area (TPSA) is 34.5 Å². The Balaban J connectivity index is 1.86. The van der Waals surface area contributed by atoms with Crippen LogP contribution in [0.2, 0.25) is 0 Å². The Morgan fingerprint density at radius 1 is 1.41 bits per heavy atom. The predicted molar refractivity (Wildman–Crippen MR) is 87.5 cm³/mol. The SMILES string of the molecule is CC(C)N(Cc1cc2ccccc2n1C)C(=O)C1CCOC1. The number of benzene rings is 1. The van der Waals surface area contributed by atoms with E-state index < -0.39 is 0 Å². The Bertz CT molecular complexity index is 669. The largest absolute Gasteiger partial charge is 0.381 e. The quantitative estimate of drug-likeness (QED) is 0.870. The average Bonchev–Trinajstić information content (AvgIpc) is 3.13. The third-order valence-corrected chi connectivity index (χ3v) is 4.57. The summed E-state index contributed by atoms with van der Waals surface area (Å²) in [5, 5.41) is 1.22. The van der Waals surface area contributed by atoms with E-state index in [4.69, 9.17) is 4.74 Å². The zero-order valence-electron chi connectivity index (χ0n) is 13.6. The number of nitrogens with zero attached hydrogens (tertiary/aromatic N) is 2. The molecular weight excluding hydrogens is 276 g/mol. The highest BCUT2D eigenvalue weighted by molar-refractivity contribution is 5.82. The molecule has 1 fully saturated rings. The maximum Gasteiger partial charge on any atom is 0.228 e. The molecule has 2 aromatic rings. The maximum atomic E-state index is 12.8. The second-order valence-corrected chi connectivity index (χ2v) is 6.37. The van der Waals surface area contributed by atoms with Gasteiger partial charge in [-0.3, -0.25) is 4.79 Å². The van der Waals surface area contributed by atoms with Gasteiger partial charge >= 0.3 is 0 Å². The number of rotatable bonds is 4. The molecular formula is C18H24N2O2. The molecule has 1 aliphatic rings.